The molecule has 0 rings (SSSR count). The molecule has 2 nitrogen and oxygen atoms in total. The van der Waals surface area contributed by atoms with Crippen LogP contribution in [0, 0.1) is 11.3 Å². The standard InChI is InChI=1S/C16H28N2/c1-6-9-15(16(3,4)5)11-8-7-10-14(2)12-18-13-17/h6-7,10-11,13-14H,1,8-9,12H2,2-5H3,(H2,17,18)/b10-7?,15-11+. The van der Waals surface area contributed by atoms with Crippen LogP contribution in [-0.2, 0) is 0 Å². The first-order chi connectivity index (χ1) is 8.41. The first-order valence-electron chi connectivity index (χ1n) is 6.59. The molecule has 0 saturated heterocycles. The zero-order chi connectivity index (χ0) is 14.0. The molecule has 1 unspecified atom stereocenters. The molecule has 0 bridgehead atoms. The van der Waals surface area contributed by atoms with Crippen LogP contribution < -0.4 is 5.73 Å². The van der Waals surface area contributed by atoms with Gasteiger partial charge in [-0.25, -0.2) is 0 Å². The third kappa shape index (κ3) is 7.88. The quantitative estimate of drug-likeness (QED) is 0.411. The number of hydrogen-bond donors (Lipinski definition) is 1. The van der Waals surface area contributed by atoms with Gasteiger partial charge in [0.05, 0.1) is 6.34 Å². The number of hydrogen-bond acceptors (Lipinski definition) is 1. The van der Waals surface area contributed by atoms with Crippen molar-refractivity contribution in [1.29, 1.82) is 0 Å². The second kappa shape index (κ2) is 8.73. The zero-order valence-corrected chi connectivity index (χ0v) is 12.3. The Morgan fingerprint density at radius 2 is 2.06 bits per heavy atom. The lowest BCUT2D eigenvalue weighted by molar-refractivity contribution is 0.492. The van der Waals surface area contributed by atoms with Gasteiger partial charge in [-0.3, -0.25) is 4.99 Å². The Bertz CT molecular complexity index is 316. The van der Waals surface area contributed by atoms with Crippen LogP contribution in [0.3, 0.4) is 0 Å². The van der Waals surface area contributed by atoms with E-state index in [4.69, 9.17) is 5.73 Å². The highest BCUT2D eigenvalue weighted by Crippen LogP contribution is 2.28. The Labute approximate surface area is 112 Å². The van der Waals surface area contributed by atoms with Crippen LogP contribution in [0.15, 0.2) is 41.4 Å². The molecule has 0 aliphatic carbocycles. The van der Waals surface area contributed by atoms with Crippen LogP contribution in [0.5, 0.6) is 0 Å². The minimum absolute atomic E-state index is 0.220. The molecule has 1 atom stereocenters. The highest BCUT2D eigenvalue weighted by molar-refractivity contribution is 5.51. The topological polar surface area (TPSA) is 38.4 Å². The molecule has 0 aliphatic rings. The van der Waals surface area contributed by atoms with Crippen LogP contribution in [0.25, 0.3) is 0 Å². The second-order valence-electron chi connectivity index (χ2n) is 5.63. The Hall–Kier alpha value is -1.31. The van der Waals surface area contributed by atoms with Gasteiger partial charge in [0.1, 0.15) is 0 Å². The van der Waals surface area contributed by atoms with Gasteiger partial charge in [-0.1, -0.05) is 57.6 Å². The van der Waals surface area contributed by atoms with Crippen LogP contribution in [0.4, 0.5) is 0 Å². The number of rotatable bonds is 7. The number of allylic oxidation sites excluding steroid dienone is 4. The van der Waals surface area contributed by atoms with Crippen LogP contribution >= 0.6 is 0 Å². The molecule has 102 valence electrons. The molecule has 0 radical (unpaired) electrons. The van der Waals surface area contributed by atoms with Gasteiger partial charge in [0.25, 0.3) is 0 Å². The summed E-state index contributed by atoms with van der Waals surface area (Å²) in [6, 6.07) is 0. The summed E-state index contributed by atoms with van der Waals surface area (Å²) in [6.45, 7) is 13.4. The van der Waals surface area contributed by atoms with Gasteiger partial charge < -0.3 is 5.73 Å². The third-order valence-electron chi connectivity index (χ3n) is 2.79. The maximum Gasteiger partial charge on any atom is 0.0797 e. The maximum absolute atomic E-state index is 5.22. The summed E-state index contributed by atoms with van der Waals surface area (Å²) in [6.07, 6.45) is 12.0. The second-order valence-corrected chi connectivity index (χ2v) is 5.63. The van der Waals surface area contributed by atoms with Crippen molar-refractivity contribution >= 4 is 6.34 Å². The molecule has 0 fully saturated rings. The molecule has 2 heteroatoms. The average molecular weight is 248 g/mol. The van der Waals surface area contributed by atoms with Gasteiger partial charge >= 0.3 is 0 Å². The fourth-order valence-electron chi connectivity index (χ4n) is 1.66. The average Bonchev–Trinajstić information content (AvgIpc) is 2.29. The molecule has 0 saturated carbocycles. The van der Waals surface area contributed by atoms with Crippen molar-refractivity contribution in [3.63, 3.8) is 0 Å². The molecule has 0 spiro atoms. The van der Waals surface area contributed by atoms with E-state index in [1.54, 1.807) is 0 Å². The Morgan fingerprint density at radius 3 is 2.56 bits per heavy atom. The normalized spacial score (nSPS) is 15.4. The molecular weight excluding hydrogens is 220 g/mol. The van der Waals surface area contributed by atoms with Crippen molar-refractivity contribution in [2.24, 2.45) is 22.1 Å². The van der Waals surface area contributed by atoms with E-state index in [0.717, 1.165) is 19.4 Å². The first-order valence-corrected chi connectivity index (χ1v) is 6.59. The van der Waals surface area contributed by atoms with E-state index < -0.39 is 0 Å². The molecule has 0 aromatic carbocycles. The Kier molecular flexibility index (Phi) is 8.10. The predicted molar refractivity (Wildman–Crippen MR) is 82.8 cm³/mol. The summed E-state index contributed by atoms with van der Waals surface area (Å²) >= 11 is 0. The van der Waals surface area contributed by atoms with Crippen LogP contribution in [-0.4, -0.2) is 12.9 Å². The molecule has 18 heavy (non-hydrogen) atoms. The van der Waals surface area contributed by atoms with Gasteiger partial charge in [0.2, 0.25) is 0 Å². The van der Waals surface area contributed by atoms with E-state index in [0.29, 0.717) is 5.92 Å². The van der Waals surface area contributed by atoms with E-state index >= 15 is 0 Å². The summed E-state index contributed by atoms with van der Waals surface area (Å²) in [5.41, 5.74) is 6.88. The molecular formula is C16H28N2. The smallest absolute Gasteiger partial charge is 0.0797 e. The third-order valence-corrected chi connectivity index (χ3v) is 2.79. The van der Waals surface area contributed by atoms with E-state index in [-0.39, 0.29) is 5.41 Å². The van der Waals surface area contributed by atoms with Crippen molar-refractivity contribution in [2.45, 2.75) is 40.5 Å². The maximum atomic E-state index is 5.22. The van der Waals surface area contributed by atoms with Crippen molar-refractivity contribution < 1.29 is 0 Å². The zero-order valence-electron chi connectivity index (χ0n) is 12.3. The summed E-state index contributed by atoms with van der Waals surface area (Å²) < 4.78 is 0. The van der Waals surface area contributed by atoms with Crippen LogP contribution in [0.1, 0.15) is 40.5 Å². The Balaban J connectivity index is 4.33. The number of nitrogens with zero attached hydrogens (tertiary/aromatic N) is 1. The van der Waals surface area contributed by atoms with E-state index in [1.165, 1.54) is 11.9 Å². The van der Waals surface area contributed by atoms with E-state index in [2.05, 4.69) is 57.5 Å². The molecule has 0 aromatic rings. The fourth-order valence-corrected chi connectivity index (χ4v) is 1.66. The lowest BCUT2D eigenvalue weighted by Gasteiger charge is -2.22. The highest BCUT2D eigenvalue weighted by Gasteiger charge is 2.14. The van der Waals surface area contributed by atoms with Crippen molar-refractivity contribution in [3.8, 4) is 0 Å². The summed E-state index contributed by atoms with van der Waals surface area (Å²) in [4.78, 5) is 4.03. The SMILES string of the molecule is C=CC/C(=C\CC=CC(C)CN=CN)C(C)(C)C. The number of nitrogens with two attached hydrogens (primary N) is 1. The van der Waals surface area contributed by atoms with Gasteiger partial charge in [-0.15, -0.1) is 6.58 Å². The monoisotopic (exact) mass is 248 g/mol. The molecule has 0 aliphatic heterocycles. The van der Waals surface area contributed by atoms with Gasteiger partial charge in [-0.2, -0.15) is 0 Å². The summed E-state index contributed by atoms with van der Waals surface area (Å²) in [5, 5.41) is 0. The fraction of sp³-hybridized carbons (Fsp3) is 0.562. The molecule has 0 heterocycles. The van der Waals surface area contributed by atoms with Crippen molar-refractivity contribution in [3.05, 3.63) is 36.5 Å². The van der Waals surface area contributed by atoms with Gasteiger partial charge in [0, 0.05) is 6.54 Å². The molecule has 2 N–H and O–H groups in total. The largest absolute Gasteiger partial charge is 0.390 e. The van der Waals surface area contributed by atoms with E-state index in [1.807, 2.05) is 6.08 Å². The van der Waals surface area contributed by atoms with E-state index in [9.17, 15) is 0 Å². The number of aliphatic imine (C=N–C) groups is 1. The lowest BCUT2D eigenvalue weighted by Crippen LogP contribution is -2.08. The first kappa shape index (κ1) is 16.7. The van der Waals surface area contributed by atoms with Gasteiger partial charge in [-0.05, 0) is 24.2 Å². The molecule has 0 aromatic heterocycles. The minimum Gasteiger partial charge on any atom is -0.390 e. The molecule has 0 amide bonds. The predicted octanol–water partition coefficient (Wildman–Crippen LogP) is 4.10. The van der Waals surface area contributed by atoms with Gasteiger partial charge in [0.15, 0.2) is 0 Å². The summed E-state index contributed by atoms with van der Waals surface area (Å²) in [5.74, 6) is 0.440. The summed E-state index contributed by atoms with van der Waals surface area (Å²) in [7, 11) is 0. The Morgan fingerprint density at radius 1 is 1.39 bits per heavy atom. The van der Waals surface area contributed by atoms with Crippen molar-refractivity contribution in [2.75, 3.05) is 6.54 Å². The van der Waals surface area contributed by atoms with Crippen LogP contribution in [0.2, 0.25) is 0 Å². The lowest BCUT2D eigenvalue weighted by atomic mass is 9.84. The van der Waals surface area contributed by atoms with Crippen molar-refractivity contribution in [1.82, 2.24) is 0 Å². The highest BCUT2D eigenvalue weighted by atomic mass is 14.8. The minimum atomic E-state index is 0.220.